The summed E-state index contributed by atoms with van der Waals surface area (Å²) < 4.78 is 4.92. The van der Waals surface area contributed by atoms with Crippen molar-refractivity contribution in [3.8, 4) is 5.88 Å². The number of halogens is 1. The molecule has 0 spiro atoms. The minimum atomic E-state index is -0.333. The van der Waals surface area contributed by atoms with Crippen LogP contribution in [0.25, 0.3) is 0 Å². The number of anilines is 1. The molecule has 1 amide bonds. The van der Waals surface area contributed by atoms with Gasteiger partial charge in [-0.25, -0.2) is 4.98 Å². The minimum Gasteiger partial charge on any atom is -0.481 e. The molecule has 2 heterocycles. The molecule has 2 aromatic heterocycles. The normalized spacial score (nSPS) is 9.89. The topological polar surface area (TPSA) is 64.1 Å². The first-order valence-electron chi connectivity index (χ1n) is 5.11. The lowest BCUT2D eigenvalue weighted by Gasteiger charge is -2.06. The Labute approximate surface area is 109 Å². The highest BCUT2D eigenvalue weighted by Crippen LogP contribution is 2.16. The Morgan fingerprint density at radius 1 is 1.33 bits per heavy atom. The summed E-state index contributed by atoms with van der Waals surface area (Å²) in [5.41, 5.74) is 0.871. The van der Waals surface area contributed by atoms with Gasteiger partial charge >= 0.3 is 0 Å². The molecule has 2 rings (SSSR count). The van der Waals surface area contributed by atoms with Gasteiger partial charge in [0, 0.05) is 18.5 Å². The number of nitrogens with one attached hydrogen (secondary N) is 1. The van der Waals surface area contributed by atoms with Gasteiger partial charge in [0.2, 0.25) is 5.88 Å². The molecule has 0 aliphatic carbocycles. The molecule has 5 nitrogen and oxygen atoms in total. The van der Waals surface area contributed by atoms with Crippen LogP contribution in [0.2, 0.25) is 5.02 Å². The molecule has 18 heavy (non-hydrogen) atoms. The summed E-state index contributed by atoms with van der Waals surface area (Å²) in [6.45, 7) is 0. The zero-order valence-electron chi connectivity index (χ0n) is 9.55. The summed E-state index contributed by atoms with van der Waals surface area (Å²) in [5.74, 6) is 0.146. The first-order valence-corrected chi connectivity index (χ1v) is 5.49. The second-order valence-corrected chi connectivity index (χ2v) is 3.81. The second-order valence-electron chi connectivity index (χ2n) is 3.40. The van der Waals surface area contributed by atoms with Gasteiger partial charge in [-0.15, -0.1) is 0 Å². The number of methoxy groups -OCH3 is 1. The molecular formula is C12H10ClN3O2. The second kappa shape index (κ2) is 5.46. The zero-order valence-corrected chi connectivity index (χ0v) is 10.3. The molecule has 92 valence electrons. The van der Waals surface area contributed by atoms with Crippen molar-refractivity contribution in [1.29, 1.82) is 0 Å². The van der Waals surface area contributed by atoms with E-state index in [4.69, 9.17) is 16.3 Å². The van der Waals surface area contributed by atoms with Crippen molar-refractivity contribution in [2.24, 2.45) is 0 Å². The van der Waals surface area contributed by atoms with Crippen LogP contribution in [0.15, 0.2) is 36.8 Å². The molecule has 0 saturated heterocycles. The molecule has 0 unspecified atom stereocenters. The smallest absolute Gasteiger partial charge is 0.258 e. The van der Waals surface area contributed by atoms with Crippen molar-refractivity contribution in [3.05, 3.63) is 47.4 Å². The van der Waals surface area contributed by atoms with Crippen LogP contribution in [0.5, 0.6) is 5.88 Å². The molecule has 6 heteroatoms. The molecule has 0 aromatic carbocycles. The molecule has 0 aliphatic rings. The van der Waals surface area contributed by atoms with E-state index in [1.807, 2.05) is 0 Å². The largest absolute Gasteiger partial charge is 0.481 e. The Hall–Kier alpha value is -2.14. The van der Waals surface area contributed by atoms with Crippen molar-refractivity contribution < 1.29 is 9.53 Å². The zero-order chi connectivity index (χ0) is 13.0. The number of hydrogen-bond donors (Lipinski definition) is 1. The van der Waals surface area contributed by atoms with Crippen LogP contribution in [-0.2, 0) is 0 Å². The monoisotopic (exact) mass is 263 g/mol. The van der Waals surface area contributed by atoms with Crippen LogP contribution in [0.4, 0.5) is 5.69 Å². The number of aromatic nitrogens is 2. The highest BCUT2D eigenvalue weighted by Gasteiger charge is 2.10. The maximum Gasteiger partial charge on any atom is 0.258 e. The summed E-state index contributed by atoms with van der Waals surface area (Å²) in [6.07, 6.45) is 4.43. The highest BCUT2D eigenvalue weighted by atomic mass is 35.5. The van der Waals surface area contributed by atoms with Crippen molar-refractivity contribution in [1.82, 2.24) is 9.97 Å². The van der Waals surface area contributed by atoms with E-state index in [0.29, 0.717) is 22.2 Å². The van der Waals surface area contributed by atoms with E-state index in [2.05, 4.69) is 15.3 Å². The van der Waals surface area contributed by atoms with E-state index in [-0.39, 0.29) is 5.91 Å². The lowest BCUT2D eigenvalue weighted by molar-refractivity contribution is 0.102. The van der Waals surface area contributed by atoms with Crippen molar-refractivity contribution in [2.75, 3.05) is 12.4 Å². The summed E-state index contributed by atoms with van der Waals surface area (Å²) in [6, 6.07) is 4.90. The molecule has 0 radical (unpaired) electrons. The van der Waals surface area contributed by atoms with Gasteiger partial charge in [0.25, 0.3) is 5.91 Å². The van der Waals surface area contributed by atoms with Crippen LogP contribution in [0.3, 0.4) is 0 Å². The maximum atomic E-state index is 11.9. The van der Waals surface area contributed by atoms with E-state index in [0.717, 1.165) is 0 Å². The van der Waals surface area contributed by atoms with Gasteiger partial charge in [0.15, 0.2) is 0 Å². The van der Waals surface area contributed by atoms with Gasteiger partial charge in [0.05, 0.1) is 29.6 Å². The Kier molecular flexibility index (Phi) is 3.74. The highest BCUT2D eigenvalue weighted by molar-refractivity contribution is 6.34. The Morgan fingerprint density at radius 2 is 2.17 bits per heavy atom. The van der Waals surface area contributed by atoms with Gasteiger partial charge in [-0.2, -0.15) is 0 Å². The van der Waals surface area contributed by atoms with Gasteiger partial charge in [-0.1, -0.05) is 11.6 Å². The molecule has 0 bridgehead atoms. The van der Waals surface area contributed by atoms with Crippen LogP contribution < -0.4 is 10.1 Å². The van der Waals surface area contributed by atoms with Crippen molar-refractivity contribution in [3.63, 3.8) is 0 Å². The van der Waals surface area contributed by atoms with E-state index in [1.165, 1.54) is 25.7 Å². The maximum absolute atomic E-state index is 11.9. The van der Waals surface area contributed by atoms with Gasteiger partial charge < -0.3 is 10.1 Å². The number of carbonyl (C=O) groups excluding carboxylic acids is 1. The number of pyridine rings is 2. The summed E-state index contributed by atoms with van der Waals surface area (Å²) >= 11 is 5.90. The molecular weight excluding hydrogens is 254 g/mol. The van der Waals surface area contributed by atoms with E-state index >= 15 is 0 Å². The standard InChI is InChI=1S/C12H10ClN3O2/c1-18-11-3-2-8(6-15-11)16-12(17)9-7-14-5-4-10(9)13/h2-7H,1H3,(H,16,17). The third-order valence-electron chi connectivity index (χ3n) is 2.22. The van der Waals surface area contributed by atoms with Crippen molar-refractivity contribution in [2.45, 2.75) is 0 Å². The predicted octanol–water partition coefficient (Wildman–Crippen LogP) is 2.39. The third-order valence-corrected chi connectivity index (χ3v) is 2.55. The number of nitrogens with zero attached hydrogens (tertiary/aromatic N) is 2. The quantitative estimate of drug-likeness (QED) is 0.923. The van der Waals surface area contributed by atoms with Crippen LogP contribution >= 0.6 is 11.6 Å². The molecule has 0 atom stereocenters. The van der Waals surface area contributed by atoms with E-state index in [1.54, 1.807) is 18.2 Å². The molecule has 0 fully saturated rings. The number of amides is 1. The molecule has 0 aliphatic heterocycles. The van der Waals surface area contributed by atoms with E-state index in [9.17, 15) is 4.79 Å². The van der Waals surface area contributed by atoms with Crippen molar-refractivity contribution >= 4 is 23.2 Å². The number of ether oxygens (including phenoxy) is 1. The van der Waals surface area contributed by atoms with Crippen LogP contribution in [0, 0.1) is 0 Å². The lowest BCUT2D eigenvalue weighted by Crippen LogP contribution is -2.12. The van der Waals surface area contributed by atoms with Gasteiger partial charge in [-0.3, -0.25) is 9.78 Å². The molecule has 0 saturated carbocycles. The Balaban J connectivity index is 2.14. The minimum absolute atomic E-state index is 0.315. The average molecular weight is 264 g/mol. The third kappa shape index (κ3) is 2.75. The number of carbonyl (C=O) groups is 1. The first kappa shape index (κ1) is 12.3. The summed E-state index contributed by atoms with van der Waals surface area (Å²) in [7, 11) is 1.52. The molecule has 1 N–H and O–H groups in total. The molecule has 2 aromatic rings. The predicted molar refractivity (Wildman–Crippen MR) is 68.0 cm³/mol. The number of rotatable bonds is 3. The lowest BCUT2D eigenvalue weighted by atomic mass is 10.2. The summed E-state index contributed by atoms with van der Waals surface area (Å²) in [5, 5.41) is 3.02. The van der Waals surface area contributed by atoms with E-state index < -0.39 is 0 Å². The fraction of sp³-hybridized carbons (Fsp3) is 0.0833. The SMILES string of the molecule is COc1ccc(NC(=O)c2cnccc2Cl)cn1. The fourth-order valence-corrected chi connectivity index (χ4v) is 1.51. The Morgan fingerprint density at radius 3 is 2.78 bits per heavy atom. The Bertz CT molecular complexity index is 558. The fourth-order valence-electron chi connectivity index (χ4n) is 1.32. The van der Waals surface area contributed by atoms with Crippen LogP contribution in [-0.4, -0.2) is 23.0 Å². The van der Waals surface area contributed by atoms with Gasteiger partial charge in [0.1, 0.15) is 0 Å². The van der Waals surface area contributed by atoms with Gasteiger partial charge in [-0.05, 0) is 12.1 Å². The first-order chi connectivity index (χ1) is 8.70. The van der Waals surface area contributed by atoms with Crippen LogP contribution in [0.1, 0.15) is 10.4 Å². The summed E-state index contributed by atoms with van der Waals surface area (Å²) in [4.78, 5) is 19.7. The number of hydrogen-bond acceptors (Lipinski definition) is 4. The average Bonchev–Trinajstić information content (AvgIpc) is 2.40.